The minimum absolute atomic E-state index is 0.0351. The van der Waals surface area contributed by atoms with Gasteiger partial charge in [-0.25, -0.2) is 4.79 Å². The highest BCUT2D eigenvalue weighted by molar-refractivity contribution is 5.74. The summed E-state index contributed by atoms with van der Waals surface area (Å²) in [5.41, 5.74) is 1.09. The zero-order valence-electron chi connectivity index (χ0n) is 11.7. The first kappa shape index (κ1) is 13.5. The topological polar surface area (TPSA) is 86.8 Å². The van der Waals surface area contributed by atoms with Gasteiger partial charge in [-0.3, -0.25) is 0 Å². The van der Waals surface area contributed by atoms with E-state index in [4.69, 9.17) is 0 Å². The predicted molar refractivity (Wildman–Crippen MR) is 76.4 cm³/mol. The lowest BCUT2D eigenvalue weighted by Crippen LogP contribution is -2.44. The van der Waals surface area contributed by atoms with Gasteiger partial charge in [0, 0.05) is 25.6 Å². The fraction of sp³-hybridized carbons (Fsp3) is 0.429. The van der Waals surface area contributed by atoms with Crippen molar-refractivity contribution in [2.45, 2.75) is 25.3 Å². The number of carbonyl (C=O) groups is 1. The molecule has 2 aromatic rings. The highest BCUT2D eigenvalue weighted by Gasteiger charge is 2.27. The van der Waals surface area contributed by atoms with Crippen molar-refractivity contribution in [1.29, 1.82) is 0 Å². The van der Waals surface area contributed by atoms with Gasteiger partial charge < -0.3 is 10.2 Å². The number of aromatic amines is 1. The van der Waals surface area contributed by atoms with Gasteiger partial charge in [0.2, 0.25) is 0 Å². The second-order valence-electron chi connectivity index (χ2n) is 5.20. The Kier molecular flexibility index (Phi) is 4.09. The maximum Gasteiger partial charge on any atom is 0.317 e. The number of piperidine rings is 1. The van der Waals surface area contributed by atoms with Crippen LogP contribution in [-0.2, 0) is 6.54 Å². The Labute approximate surface area is 122 Å². The van der Waals surface area contributed by atoms with Crippen molar-refractivity contribution >= 4 is 6.03 Å². The van der Waals surface area contributed by atoms with Crippen LogP contribution in [0.2, 0.25) is 0 Å². The highest BCUT2D eigenvalue weighted by Crippen LogP contribution is 2.23. The molecule has 2 amide bonds. The number of aromatic nitrogens is 4. The van der Waals surface area contributed by atoms with Gasteiger partial charge in [0.05, 0.1) is 0 Å². The van der Waals surface area contributed by atoms with Crippen molar-refractivity contribution in [2.75, 3.05) is 13.1 Å². The molecule has 21 heavy (non-hydrogen) atoms. The van der Waals surface area contributed by atoms with Crippen LogP contribution in [0.25, 0.3) is 0 Å². The van der Waals surface area contributed by atoms with Crippen molar-refractivity contribution < 1.29 is 4.79 Å². The van der Waals surface area contributed by atoms with Crippen molar-refractivity contribution in [2.24, 2.45) is 0 Å². The number of benzene rings is 1. The molecule has 0 radical (unpaired) electrons. The van der Waals surface area contributed by atoms with E-state index in [0.29, 0.717) is 18.9 Å². The largest absolute Gasteiger partial charge is 0.334 e. The van der Waals surface area contributed by atoms with Crippen molar-refractivity contribution in [3.8, 4) is 0 Å². The fourth-order valence-corrected chi connectivity index (χ4v) is 2.60. The third-order valence-electron chi connectivity index (χ3n) is 3.72. The molecule has 0 spiro atoms. The fourth-order valence-electron chi connectivity index (χ4n) is 2.60. The van der Waals surface area contributed by atoms with Gasteiger partial charge in [0.1, 0.15) is 0 Å². The average molecular weight is 286 g/mol. The van der Waals surface area contributed by atoms with E-state index in [9.17, 15) is 4.79 Å². The maximum absolute atomic E-state index is 12.2. The molecular formula is C14H18N6O. The van der Waals surface area contributed by atoms with Gasteiger partial charge in [-0.1, -0.05) is 35.5 Å². The molecule has 1 fully saturated rings. The molecule has 1 atom stereocenters. The summed E-state index contributed by atoms with van der Waals surface area (Å²) in [5, 5.41) is 17.1. The molecule has 1 aliphatic rings. The molecule has 1 aromatic carbocycles. The number of rotatable bonds is 3. The quantitative estimate of drug-likeness (QED) is 0.890. The highest BCUT2D eigenvalue weighted by atomic mass is 16.2. The van der Waals surface area contributed by atoms with Gasteiger partial charge in [-0.15, -0.1) is 10.2 Å². The second-order valence-corrected chi connectivity index (χ2v) is 5.20. The first-order valence-electron chi connectivity index (χ1n) is 7.13. The third-order valence-corrected chi connectivity index (χ3v) is 3.72. The van der Waals surface area contributed by atoms with Crippen molar-refractivity contribution in [1.82, 2.24) is 30.8 Å². The van der Waals surface area contributed by atoms with Crippen LogP contribution < -0.4 is 5.32 Å². The molecule has 3 rings (SSSR count). The van der Waals surface area contributed by atoms with E-state index in [0.717, 1.165) is 24.9 Å². The Morgan fingerprint density at radius 2 is 2.24 bits per heavy atom. The number of carbonyl (C=O) groups excluding carboxylic acids is 1. The van der Waals surface area contributed by atoms with Gasteiger partial charge in [0.25, 0.3) is 0 Å². The lowest BCUT2D eigenvalue weighted by atomic mass is 9.98. The molecule has 110 valence electrons. The molecule has 0 saturated carbocycles. The van der Waals surface area contributed by atoms with E-state index >= 15 is 0 Å². The number of tetrazole rings is 1. The minimum Gasteiger partial charge on any atom is -0.334 e. The van der Waals surface area contributed by atoms with Gasteiger partial charge in [0.15, 0.2) is 5.82 Å². The SMILES string of the molecule is O=C(NCc1ccccc1)N1CCCC(c2nn[nH]n2)C1. The molecule has 0 bridgehead atoms. The van der Waals surface area contributed by atoms with Gasteiger partial charge in [-0.05, 0) is 18.4 Å². The minimum atomic E-state index is -0.0351. The van der Waals surface area contributed by atoms with Crippen LogP contribution in [0.1, 0.15) is 30.1 Å². The van der Waals surface area contributed by atoms with E-state index < -0.39 is 0 Å². The normalized spacial score (nSPS) is 18.5. The smallest absolute Gasteiger partial charge is 0.317 e. The average Bonchev–Trinajstić information content (AvgIpc) is 3.08. The van der Waals surface area contributed by atoms with E-state index in [1.165, 1.54) is 0 Å². The summed E-state index contributed by atoms with van der Waals surface area (Å²) < 4.78 is 0. The monoisotopic (exact) mass is 286 g/mol. The summed E-state index contributed by atoms with van der Waals surface area (Å²) in [6.45, 7) is 1.96. The predicted octanol–water partition coefficient (Wildman–Crippen LogP) is 1.29. The Morgan fingerprint density at radius 1 is 1.38 bits per heavy atom. The summed E-state index contributed by atoms with van der Waals surface area (Å²) >= 11 is 0. The summed E-state index contributed by atoms with van der Waals surface area (Å²) in [6.07, 6.45) is 1.94. The van der Waals surface area contributed by atoms with Crippen LogP contribution in [0.5, 0.6) is 0 Å². The van der Waals surface area contributed by atoms with Crippen LogP contribution in [-0.4, -0.2) is 44.6 Å². The number of nitrogens with zero attached hydrogens (tertiary/aromatic N) is 4. The summed E-state index contributed by atoms with van der Waals surface area (Å²) in [6, 6.07) is 9.86. The number of likely N-dealkylation sites (tertiary alicyclic amines) is 1. The van der Waals surface area contributed by atoms with Crippen molar-refractivity contribution in [3.63, 3.8) is 0 Å². The number of hydrogen-bond donors (Lipinski definition) is 2. The lowest BCUT2D eigenvalue weighted by Gasteiger charge is -2.31. The molecule has 1 aliphatic heterocycles. The zero-order chi connectivity index (χ0) is 14.5. The Hall–Kier alpha value is -2.44. The van der Waals surface area contributed by atoms with E-state index in [-0.39, 0.29) is 11.9 Å². The van der Waals surface area contributed by atoms with E-state index in [1.807, 2.05) is 35.2 Å². The Morgan fingerprint density at radius 3 is 3.00 bits per heavy atom. The first-order chi connectivity index (χ1) is 10.3. The number of urea groups is 1. The molecule has 2 N–H and O–H groups in total. The van der Waals surface area contributed by atoms with Crippen LogP contribution in [0.15, 0.2) is 30.3 Å². The molecule has 1 saturated heterocycles. The first-order valence-corrected chi connectivity index (χ1v) is 7.13. The Bertz CT molecular complexity index is 570. The van der Waals surface area contributed by atoms with Gasteiger partial charge >= 0.3 is 6.03 Å². The number of hydrogen-bond acceptors (Lipinski definition) is 4. The van der Waals surface area contributed by atoms with Crippen LogP contribution in [0.3, 0.4) is 0 Å². The third kappa shape index (κ3) is 3.36. The number of H-pyrrole nitrogens is 1. The molecule has 2 heterocycles. The summed E-state index contributed by atoms with van der Waals surface area (Å²) in [4.78, 5) is 14.1. The lowest BCUT2D eigenvalue weighted by molar-refractivity contribution is 0.178. The van der Waals surface area contributed by atoms with E-state index in [2.05, 4.69) is 25.9 Å². The standard InChI is InChI=1S/C14H18N6O/c21-14(15-9-11-5-2-1-3-6-11)20-8-4-7-12(10-20)13-16-18-19-17-13/h1-3,5-6,12H,4,7-10H2,(H,15,21)(H,16,17,18,19). The zero-order valence-corrected chi connectivity index (χ0v) is 11.7. The summed E-state index contributed by atoms with van der Waals surface area (Å²) in [7, 11) is 0. The molecular weight excluding hydrogens is 268 g/mol. The van der Waals surface area contributed by atoms with Crippen LogP contribution >= 0.6 is 0 Å². The summed E-state index contributed by atoms with van der Waals surface area (Å²) in [5.74, 6) is 0.857. The molecule has 7 heteroatoms. The molecule has 7 nitrogen and oxygen atoms in total. The molecule has 1 aromatic heterocycles. The van der Waals surface area contributed by atoms with E-state index in [1.54, 1.807) is 0 Å². The van der Waals surface area contributed by atoms with Crippen LogP contribution in [0, 0.1) is 0 Å². The number of nitrogens with one attached hydrogen (secondary N) is 2. The molecule has 1 unspecified atom stereocenters. The molecule has 0 aliphatic carbocycles. The number of amides is 2. The Balaban J connectivity index is 1.55. The van der Waals surface area contributed by atoms with Crippen LogP contribution in [0.4, 0.5) is 4.79 Å². The second kappa shape index (κ2) is 6.34. The van der Waals surface area contributed by atoms with Gasteiger partial charge in [-0.2, -0.15) is 5.21 Å². The van der Waals surface area contributed by atoms with Crippen molar-refractivity contribution in [3.05, 3.63) is 41.7 Å². The maximum atomic E-state index is 12.2.